The Kier molecular flexibility index (Phi) is 4.45. The SMILES string of the molecule is CC(C#N)C(=O)N1CCCCCCC1. The smallest absolute Gasteiger partial charge is 0.239 e. The van der Waals surface area contributed by atoms with E-state index in [1.54, 1.807) is 6.92 Å². The summed E-state index contributed by atoms with van der Waals surface area (Å²) in [6.45, 7) is 3.36. The van der Waals surface area contributed by atoms with Gasteiger partial charge in [0, 0.05) is 13.1 Å². The van der Waals surface area contributed by atoms with E-state index in [0.29, 0.717) is 0 Å². The average Bonchev–Trinajstić information content (AvgIpc) is 2.15. The largest absolute Gasteiger partial charge is 0.342 e. The van der Waals surface area contributed by atoms with E-state index in [2.05, 4.69) is 0 Å². The van der Waals surface area contributed by atoms with Crippen LogP contribution < -0.4 is 0 Å². The monoisotopic (exact) mass is 194 g/mol. The molecular weight excluding hydrogens is 176 g/mol. The zero-order chi connectivity index (χ0) is 10.4. The van der Waals surface area contributed by atoms with Crippen LogP contribution in [0.15, 0.2) is 0 Å². The van der Waals surface area contributed by atoms with Gasteiger partial charge in [-0.1, -0.05) is 19.3 Å². The molecule has 0 N–H and O–H groups in total. The highest BCUT2D eigenvalue weighted by Crippen LogP contribution is 2.12. The Bertz CT molecular complexity index is 224. The molecule has 78 valence electrons. The maximum absolute atomic E-state index is 11.7. The molecule has 1 saturated heterocycles. The van der Waals surface area contributed by atoms with Crippen molar-refractivity contribution < 1.29 is 4.79 Å². The van der Waals surface area contributed by atoms with E-state index in [1.807, 2.05) is 11.0 Å². The molecule has 1 amide bonds. The lowest BCUT2D eigenvalue weighted by molar-refractivity contribution is -0.133. The highest BCUT2D eigenvalue weighted by atomic mass is 16.2. The van der Waals surface area contributed by atoms with Gasteiger partial charge in [-0.05, 0) is 19.8 Å². The molecule has 3 heteroatoms. The third kappa shape index (κ3) is 3.02. The van der Waals surface area contributed by atoms with Gasteiger partial charge in [0.15, 0.2) is 0 Å². The molecule has 3 nitrogen and oxygen atoms in total. The first-order valence-electron chi connectivity index (χ1n) is 5.44. The molecule has 1 fully saturated rings. The Morgan fingerprint density at radius 1 is 1.21 bits per heavy atom. The van der Waals surface area contributed by atoms with E-state index < -0.39 is 5.92 Å². The molecule has 1 rings (SSSR count). The molecule has 1 heterocycles. The van der Waals surface area contributed by atoms with Gasteiger partial charge in [-0.3, -0.25) is 4.79 Å². The van der Waals surface area contributed by atoms with Crippen molar-refractivity contribution in [2.24, 2.45) is 5.92 Å². The normalized spacial score (nSPS) is 20.4. The second-order valence-electron chi connectivity index (χ2n) is 3.94. The second kappa shape index (κ2) is 5.64. The number of likely N-dealkylation sites (tertiary alicyclic amines) is 1. The maximum Gasteiger partial charge on any atom is 0.239 e. The summed E-state index contributed by atoms with van der Waals surface area (Å²) in [5.74, 6) is -0.469. The minimum atomic E-state index is -0.477. The second-order valence-corrected chi connectivity index (χ2v) is 3.94. The number of hydrogen-bond acceptors (Lipinski definition) is 2. The Hall–Kier alpha value is -1.04. The third-order valence-corrected chi connectivity index (χ3v) is 2.73. The highest BCUT2D eigenvalue weighted by molar-refractivity contribution is 5.80. The number of nitrogens with zero attached hydrogens (tertiary/aromatic N) is 2. The molecular formula is C11H18N2O. The number of rotatable bonds is 1. The van der Waals surface area contributed by atoms with Gasteiger partial charge in [0.1, 0.15) is 5.92 Å². The van der Waals surface area contributed by atoms with Crippen LogP contribution in [-0.2, 0) is 4.79 Å². The minimum absolute atomic E-state index is 0.00870. The van der Waals surface area contributed by atoms with Crippen LogP contribution in [0.3, 0.4) is 0 Å². The first-order chi connectivity index (χ1) is 6.75. The predicted octanol–water partition coefficient (Wildman–Crippen LogP) is 1.94. The molecule has 0 bridgehead atoms. The summed E-state index contributed by atoms with van der Waals surface area (Å²) >= 11 is 0. The Labute approximate surface area is 85.7 Å². The summed E-state index contributed by atoms with van der Waals surface area (Å²) in [7, 11) is 0. The number of amides is 1. The first-order valence-corrected chi connectivity index (χ1v) is 5.44. The van der Waals surface area contributed by atoms with Crippen molar-refractivity contribution >= 4 is 5.91 Å². The average molecular weight is 194 g/mol. The molecule has 1 aliphatic rings. The minimum Gasteiger partial charge on any atom is -0.342 e. The molecule has 0 saturated carbocycles. The third-order valence-electron chi connectivity index (χ3n) is 2.73. The first kappa shape index (κ1) is 11.0. The van der Waals surface area contributed by atoms with E-state index >= 15 is 0 Å². The zero-order valence-electron chi connectivity index (χ0n) is 8.83. The van der Waals surface area contributed by atoms with Gasteiger partial charge in [0.25, 0.3) is 0 Å². The van der Waals surface area contributed by atoms with Crippen LogP contribution in [0.1, 0.15) is 39.0 Å². The standard InChI is InChI=1S/C11H18N2O/c1-10(9-12)11(14)13-7-5-3-2-4-6-8-13/h10H,2-8H2,1H3. The fourth-order valence-corrected chi connectivity index (χ4v) is 1.80. The number of nitriles is 1. The molecule has 0 aliphatic carbocycles. The summed E-state index contributed by atoms with van der Waals surface area (Å²) in [5.41, 5.74) is 0. The van der Waals surface area contributed by atoms with Crippen molar-refractivity contribution in [2.45, 2.75) is 39.0 Å². The van der Waals surface area contributed by atoms with Gasteiger partial charge in [-0.15, -0.1) is 0 Å². The van der Waals surface area contributed by atoms with E-state index in [-0.39, 0.29) is 5.91 Å². The predicted molar refractivity (Wildman–Crippen MR) is 54.4 cm³/mol. The van der Waals surface area contributed by atoms with Gasteiger partial charge in [0.05, 0.1) is 6.07 Å². The van der Waals surface area contributed by atoms with Crippen LogP contribution in [0.5, 0.6) is 0 Å². The number of hydrogen-bond donors (Lipinski definition) is 0. The zero-order valence-corrected chi connectivity index (χ0v) is 8.83. The van der Waals surface area contributed by atoms with Crippen molar-refractivity contribution in [1.29, 1.82) is 5.26 Å². The van der Waals surface area contributed by atoms with Gasteiger partial charge >= 0.3 is 0 Å². The van der Waals surface area contributed by atoms with Crippen molar-refractivity contribution in [3.05, 3.63) is 0 Å². The molecule has 0 radical (unpaired) electrons. The fraction of sp³-hybridized carbons (Fsp3) is 0.818. The molecule has 14 heavy (non-hydrogen) atoms. The van der Waals surface area contributed by atoms with Crippen LogP contribution in [-0.4, -0.2) is 23.9 Å². The maximum atomic E-state index is 11.7. The summed E-state index contributed by atoms with van der Waals surface area (Å²) in [4.78, 5) is 13.6. The van der Waals surface area contributed by atoms with Gasteiger partial charge in [-0.25, -0.2) is 0 Å². The van der Waals surface area contributed by atoms with Crippen LogP contribution in [0, 0.1) is 17.2 Å². The Balaban J connectivity index is 2.48. The van der Waals surface area contributed by atoms with E-state index in [4.69, 9.17) is 5.26 Å². The van der Waals surface area contributed by atoms with Crippen molar-refractivity contribution in [3.63, 3.8) is 0 Å². The molecule has 1 unspecified atom stereocenters. The van der Waals surface area contributed by atoms with E-state index in [9.17, 15) is 4.79 Å². The molecule has 0 spiro atoms. The molecule has 1 atom stereocenters. The van der Waals surface area contributed by atoms with Crippen LogP contribution >= 0.6 is 0 Å². The van der Waals surface area contributed by atoms with E-state index in [1.165, 1.54) is 19.3 Å². The fourth-order valence-electron chi connectivity index (χ4n) is 1.80. The molecule has 0 aromatic rings. The highest BCUT2D eigenvalue weighted by Gasteiger charge is 2.19. The summed E-state index contributed by atoms with van der Waals surface area (Å²) in [5, 5.41) is 8.66. The summed E-state index contributed by atoms with van der Waals surface area (Å²) in [6.07, 6.45) is 5.89. The number of carbonyl (C=O) groups is 1. The molecule has 0 aromatic carbocycles. The summed E-state index contributed by atoms with van der Waals surface area (Å²) < 4.78 is 0. The van der Waals surface area contributed by atoms with Gasteiger partial charge in [-0.2, -0.15) is 5.26 Å². The van der Waals surface area contributed by atoms with E-state index in [0.717, 1.165) is 25.9 Å². The lowest BCUT2D eigenvalue weighted by Gasteiger charge is -2.25. The van der Waals surface area contributed by atoms with Crippen molar-refractivity contribution in [3.8, 4) is 6.07 Å². The Morgan fingerprint density at radius 2 is 1.71 bits per heavy atom. The molecule has 1 aliphatic heterocycles. The topological polar surface area (TPSA) is 44.1 Å². The van der Waals surface area contributed by atoms with Gasteiger partial charge < -0.3 is 4.90 Å². The lowest BCUT2D eigenvalue weighted by atomic mass is 10.1. The van der Waals surface area contributed by atoms with Crippen LogP contribution in [0.4, 0.5) is 0 Å². The molecule has 0 aromatic heterocycles. The quantitative estimate of drug-likeness (QED) is 0.640. The van der Waals surface area contributed by atoms with Gasteiger partial charge in [0.2, 0.25) is 5.91 Å². The number of carbonyl (C=O) groups excluding carboxylic acids is 1. The Morgan fingerprint density at radius 3 is 2.21 bits per heavy atom. The summed E-state index contributed by atoms with van der Waals surface area (Å²) in [6, 6.07) is 2.01. The van der Waals surface area contributed by atoms with Crippen molar-refractivity contribution in [1.82, 2.24) is 4.90 Å². The van der Waals surface area contributed by atoms with Crippen molar-refractivity contribution in [2.75, 3.05) is 13.1 Å². The lowest BCUT2D eigenvalue weighted by Crippen LogP contribution is -2.36. The van der Waals surface area contributed by atoms with Crippen LogP contribution in [0.2, 0.25) is 0 Å². The van der Waals surface area contributed by atoms with Crippen LogP contribution in [0.25, 0.3) is 0 Å².